The van der Waals surface area contributed by atoms with Gasteiger partial charge in [-0.2, -0.15) is 0 Å². The van der Waals surface area contributed by atoms with Crippen molar-refractivity contribution in [1.82, 2.24) is 10.2 Å². The highest BCUT2D eigenvalue weighted by Gasteiger charge is 2.28. The van der Waals surface area contributed by atoms with Gasteiger partial charge in [0.15, 0.2) is 9.84 Å². The van der Waals surface area contributed by atoms with Crippen molar-refractivity contribution in [2.75, 3.05) is 24.6 Å². The van der Waals surface area contributed by atoms with Crippen molar-refractivity contribution in [3.05, 3.63) is 0 Å². The summed E-state index contributed by atoms with van der Waals surface area (Å²) < 4.78 is 23.4. The molecular weight excluding hydrogens is 284 g/mol. The molecule has 1 heterocycles. The summed E-state index contributed by atoms with van der Waals surface area (Å²) in [5, 5.41) is 3.56. The Morgan fingerprint density at radius 2 is 1.86 bits per heavy atom. The molecule has 0 aromatic carbocycles. The van der Waals surface area contributed by atoms with Gasteiger partial charge in [-0.1, -0.05) is 26.2 Å². The number of likely N-dealkylation sites (tertiary alicyclic amines) is 1. The predicted octanol–water partition coefficient (Wildman–Crippen LogP) is 2.20. The summed E-state index contributed by atoms with van der Waals surface area (Å²) in [6.45, 7) is 6.06. The summed E-state index contributed by atoms with van der Waals surface area (Å²) in [4.78, 5) is 2.65. The molecule has 1 aliphatic heterocycles. The van der Waals surface area contributed by atoms with E-state index in [9.17, 15) is 8.42 Å². The first-order valence-electron chi connectivity index (χ1n) is 8.70. The second-order valence-electron chi connectivity index (χ2n) is 6.89. The van der Waals surface area contributed by atoms with Gasteiger partial charge in [0.2, 0.25) is 0 Å². The zero-order valence-electron chi connectivity index (χ0n) is 13.7. The van der Waals surface area contributed by atoms with Gasteiger partial charge in [-0.05, 0) is 39.2 Å². The van der Waals surface area contributed by atoms with Crippen LogP contribution in [0, 0.1) is 0 Å². The number of piperidine rings is 1. The molecule has 5 heteroatoms. The average Bonchev–Trinajstić information content (AvgIpc) is 2.48. The normalized spacial score (nSPS) is 27.6. The van der Waals surface area contributed by atoms with E-state index in [4.69, 9.17) is 0 Å². The van der Waals surface area contributed by atoms with Crippen molar-refractivity contribution in [3.63, 3.8) is 0 Å². The molecule has 1 saturated carbocycles. The van der Waals surface area contributed by atoms with Gasteiger partial charge in [-0.25, -0.2) is 8.42 Å². The Morgan fingerprint density at radius 3 is 2.52 bits per heavy atom. The molecule has 0 spiro atoms. The van der Waals surface area contributed by atoms with E-state index in [1.807, 2.05) is 6.92 Å². The number of hydrogen-bond acceptors (Lipinski definition) is 4. The minimum atomic E-state index is -2.88. The van der Waals surface area contributed by atoms with Gasteiger partial charge in [-0.3, -0.25) is 4.90 Å². The maximum absolute atomic E-state index is 11.7. The van der Waals surface area contributed by atoms with Gasteiger partial charge in [-0.15, -0.1) is 0 Å². The molecule has 2 fully saturated rings. The Bertz CT molecular complexity index is 405. The van der Waals surface area contributed by atoms with Crippen LogP contribution in [-0.2, 0) is 9.84 Å². The Hall–Kier alpha value is -0.130. The third-order valence-electron chi connectivity index (χ3n) is 5.01. The van der Waals surface area contributed by atoms with Crippen LogP contribution in [0.2, 0.25) is 0 Å². The standard InChI is InChI=1S/C16H32N2O2S/c1-3-21(19,20)13-14(2)17-15-8-7-11-18(12-15)16-9-5-4-6-10-16/h14-17H,3-13H2,1-2H3/t14-,15-/m0/s1. The van der Waals surface area contributed by atoms with Crippen LogP contribution in [0.15, 0.2) is 0 Å². The van der Waals surface area contributed by atoms with E-state index in [2.05, 4.69) is 10.2 Å². The molecule has 124 valence electrons. The van der Waals surface area contributed by atoms with Crippen LogP contribution in [-0.4, -0.2) is 56.0 Å². The molecule has 2 atom stereocenters. The quantitative estimate of drug-likeness (QED) is 0.816. The van der Waals surface area contributed by atoms with E-state index < -0.39 is 9.84 Å². The summed E-state index contributed by atoms with van der Waals surface area (Å²) in [5.74, 6) is 0.515. The monoisotopic (exact) mass is 316 g/mol. The molecule has 0 amide bonds. The van der Waals surface area contributed by atoms with Gasteiger partial charge in [0.1, 0.15) is 0 Å². The topological polar surface area (TPSA) is 49.4 Å². The molecule has 2 rings (SSSR count). The fourth-order valence-corrected chi connectivity index (χ4v) is 4.96. The molecule has 1 saturated heterocycles. The van der Waals surface area contributed by atoms with Crippen LogP contribution in [0.25, 0.3) is 0 Å². The van der Waals surface area contributed by atoms with E-state index in [-0.39, 0.29) is 17.5 Å². The van der Waals surface area contributed by atoms with E-state index in [1.54, 1.807) is 6.92 Å². The first-order valence-corrected chi connectivity index (χ1v) is 10.5. The Morgan fingerprint density at radius 1 is 1.14 bits per heavy atom. The molecule has 0 bridgehead atoms. The summed E-state index contributed by atoms with van der Waals surface area (Å²) in [6, 6.07) is 1.30. The molecular formula is C16H32N2O2S. The zero-order chi connectivity index (χ0) is 15.3. The largest absolute Gasteiger partial charge is 0.309 e. The van der Waals surface area contributed by atoms with Crippen molar-refractivity contribution in [2.24, 2.45) is 0 Å². The zero-order valence-corrected chi connectivity index (χ0v) is 14.5. The molecule has 4 nitrogen and oxygen atoms in total. The van der Waals surface area contributed by atoms with Gasteiger partial charge >= 0.3 is 0 Å². The van der Waals surface area contributed by atoms with Crippen molar-refractivity contribution < 1.29 is 8.42 Å². The lowest BCUT2D eigenvalue weighted by molar-refractivity contribution is 0.108. The van der Waals surface area contributed by atoms with Crippen molar-refractivity contribution in [1.29, 1.82) is 0 Å². The molecule has 1 N–H and O–H groups in total. The fourth-order valence-electron chi connectivity index (χ4n) is 3.87. The highest BCUT2D eigenvalue weighted by Crippen LogP contribution is 2.25. The fraction of sp³-hybridized carbons (Fsp3) is 1.00. The average molecular weight is 317 g/mol. The first kappa shape index (κ1) is 17.2. The number of rotatable bonds is 6. The van der Waals surface area contributed by atoms with Gasteiger partial charge in [0.25, 0.3) is 0 Å². The van der Waals surface area contributed by atoms with E-state index in [1.165, 1.54) is 51.5 Å². The summed E-state index contributed by atoms with van der Waals surface area (Å²) in [7, 11) is -2.88. The molecule has 1 aliphatic carbocycles. The molecule has 0 radical (unpaired) electrons. The smallest absolute Gasteiger partial charge is 0.151 e. The van der Waals surface area contributed by atoms with E-state index in [0.29, 0.717) is 6.04 Å². The third-order valence-corrected chi connectivity index (χ3v) is 6.90. The highest BCUT2D eigenvalue weighted by molar-refractivity contribution is 7.91. The molecule has 0 aromatic rings. The lowest BCUT2D eigenvalue weighted by atomic mass is 9.92. The Labute approximate surface area is 130 Å². The third kappa shape index (κ3) is 5.53. The number of hydrogen-bond donors (Lipinski definition) is 1. The van der Waals surface area contributed by atoms with Gasteiger partial charge in [0.05, 0.1) is 5.75 Å². The number of nitrogens with one attached hydrogen (secondary N) is 1. The van der Waals surface area contributed by atoms with E-state index in [0.717, 1.165) is 12.6 Å². The SMILES string of the molecule is CCS(=O)(=O)C[C@H](C)N[C@H]1CCCN(C2CCCCC2)C1. The molecule has 21 heavy (non-hydrogen) atoms. The minimum Gasteiger partial charge on any atom is -0.309 e. The summed E-state index contributed by atoms with van der Waals surface area (Å²) in [5.41, 5.74) is 0. The van der Waals surface area contributed by atoms with Crippen LogP contribution in [0.5, 0.6) is 0 Å². The number of nitrogens with zero attached hydrogens (tertiary/aromatic N) is 1. The summed E-state index contributed by atoms with van der Waals surface area (Å²) >= 11 is 0. The molecule has 0 unspecified atom stereocenters. The van der Waals surface area contributed by atoms with Crippen LogP contribution < -0.4 is 5.32 Å². The molecule has 2 aliphatic rings. The first-order chi connectivity index (χ1) is 10.00. The van der Waals surface area contributed by atoms with Crippen LogP contribution >= 0.6 is 0 Å². The van der Waals surface area contributed by atoms with Gasteiger partial charge in [0, 0.05) is 30.4 Å². The van der Waals surface area contributed by atoms with Crippen LogP contribution in [0.4, 0.5) is 0 Å². The maximum Gasteiger partial charge on any atom is 0.151 e. The summed E-state index contributed by atoms with van der Waals surface area (Å²) in [6.07, 6.45) is 9.28. The Kier molecular flexibility index (Phi) is 6.51. The second-order valence-corrected chi connectivity index (χ2v) is 9.29. The minimum absolute atomic E-state index is 0.0613. The van der Waals surface area contributed by atoms with Gasteiger partial charge < -0.3 is 5.32 Å². The predicted molar refractivity (Wildman–Crippen MR) is 88.4 cm³/mol. The van der Waals surface area contributed by atoms with Crippen LogP contribution in [0.3, 0.4) is 0 Å². The van der Waals surface area contributed by atoms with Crippen molar-refractivity contribution in [3.8, 4) is 0 Å². The van der Waals surface area contributed by atoms with E-state index >= 15 is 0 Å². The lowest BCUT2D eigenvalue weighted by Gasteiger charge is -2.41. The van der Waals surface area contributed by atoms with Crippen molar-refractivity contribution >= 4 is 9.84 Å². The maximum atomic E-state index is 11.7. The van der Waals surface area contributed by atoms with Crippen molar-refractivity contribution in [2.45, 2.75) is 76.9 Å². The highest BCUT2D eigenvalue weighted by atomic mass is 32.2. The second kappa shape index (κ2) is 7.93. The molecule has 0 aromatic heterocycles. The lowest BCUT2D eigenvalue weighted by Crippen LogP contribution is -2.52. The Balaban J connectivity index is 1.80. The van der Waals surface area contributed by atoms with Crippen LogP contribution in [0.1, 0.15) is 58.8 Å². The number of sulfone groups is 1.